The number of rotatable bonds is 8. The molecule has 1 atom stereocenters. The Balaban J connectivity index is 2.75. The van der Waals surface area contributed by atoms with Gasteiger partial charge in [-0.3, -0.25) is 4.68 Å². The smallest absolute Gasteiger partial charge is 0.0695 e. The highest BCUT2D eigenvalue weighted by Crippen LogP contribution is 2.26. The van der Waals surface area contributed by atoms with Gasteiger partial charge in [-0.15, -0.1) is 0 Å². The number of hydrogen-bond donors (Lipinski definition) is 1. The minimum Gasteiger partial charge on any atom is -0.385 e. The maximum atomic E-state index is 5.10. The number of nitrogens with one attached hydrogen (secondary N) is 1. The van der Waals surface area contributed by atoms with Crippen LogP contribution in [0.4, 0.5) is 0 Å². The maximum Gasteiger partial charge on any atom is 0.0695 e. The van der Waals surface area contributed by atoms with Crippen LogP contribution in [0.15, 0.2) is 10.7 Å². The van der Waals surface area contributed by atoms with Gasteiger partial charge in [-0.05, 0) is 42.2 Å². The minimum absolute atomic E-state index is 0.327. The molecule has 0 radical (unpaired) electrons. The fourth-order valence-electron chi connectivity index (χ4n) is 1.96. The van der Waals surface area contributed by atoms with Crippen LogP contribution in [0.3, 0.4) is 0 Å². The molecule has 0 saturated carbocycles. The van der Waals surface area contributed by atoms with Crippen LogP contribution >= 0.6 is 15.9 Å². The molecule has 98 valence electrons. The van der Waals surface area contributed by atoms with Crippen LogP contribution in [-0.4, -0.2) is 30.5 Å². The van der Waals surface area contributed by atoms with Gasteiger partial charge < -0.3 is 10.1 Å². The summed E-state index contributed by atoms with van der Waals surface area (Å²) >= 11 is 3.58. The molecule has 0 aromatic carbocycles. The molecule has 0 amide bonds. The van der Waals surface area contributed by atoms with Gasteiger partial charge in [0.05, 0.1) is 22.4 Å². The van der Waals surface area contributed by atoms with Crippen molar-refractivity contribution in [3.05, 3.63) is 16.4 Å². The molecule has 1 aromatic heterocycles. The summed E-state index contributed by atoms with van der Waals surface area (Å²) < 4.78 is 8.27. The lowest BCUT2D eigenvalue weighted by Gasteiger charge is -2.18. The Bertz CT molecular complexity index is 328. The molecule has 0 fully saturated rings. The first kappa shape index (κ1) is 14.7. The second-order valence-electron chi connectivity index (χ2n) is 4.08. The van der Waals surface area contributed by atoms with Gasteiger partial charge in [-0.25, -0.2) is 0 Å². The Morgan fingerprint density at radius 2 is 2.35 bits per heavy atom. The van der Waals surface area contributed by atoms with E-state index in [1.165, 1.54) is 5.69 Å². The molecule has 1 aromatic rings. The summed E-state index contributed by atoms with van der Waals surface area (Å²) in [5.74, 6) is 0. The first-order chi connectivity index (χ1) is 8.24. The van der Waals surface area contributed by atoms with E-state index in [9.17, 15) is 0 Å². The summed E-state index contributed by atoms with van der Waals surface area (Å²) in [6.45, 7) is 3.93. The van der Waals surface area contributed by atoms with Gasteiger partial charge in [-0.2, -0.15) is 5.10 Å². The van der Waals surface area contributed by atoms with Crippen molar-refractivity contribution in [3.8, 4) is 0 Å². The highest BCUT2D eigenvalue weighted by atomic mass is 79.9. The van der Waals surface area contributed by atoms with Gasteiger partial charge in [0, 0.05) is 20.3 Å². The van der Waals surface area contributed by atoms with E-state index in [0.29, 0.717) is 6.04 Å². The second-order valence-corrected chi connectivity index (χ2v) is 4.93. The molecular weight excluding hydrogens is 282 g/mol. The van der Waals surface area contributed by atoms with Crippen molar-refractivity contribution >= 4 is 15.9 Å². The lowest BCUT2D eigenvalue weighted by Crippen LogP contribution is -2.21. The summed E-state index contributed by atoms with van der Waals surface area (Å²) in [6, 6.07) is 0.327. The first-order valence-corrected chi connectivity index (χ1v) is 6.91. The molecule has 1 rings (SSSR count). The van der Waals surface area contributed by atoms with E-state index in [4.69, 9.17) is 4.74 Å². The monoisotopic (exact) mass is 303 g/mol. The van der Waals surface area contributed by atoms with Crippen molar-refractivity contribution in [2.24, 2.45) is 0 Å². The average Bonchev–Trinajstić information content (AvgIpc) is 2.68. The van der Waals surface area contributed by atoms with Crippen molar-refractivity contribution in [2.45, 2.75) is 38.8 Å². The SMILES string of the molecule is CCCn1ncc(Br)c1C(CCCOC)NC. The van der Waals surface area contributed by atoms with Crippen molar-refractivity contribution in [1.29, 1.82) is 0 Å². The molecule has 0 aliphatic carbocycles. The van der Waals surface area contributed by atoms with Crippen LogP contribution in [0.1, 0.15) is 37.9 Å². The fourth-order valence-corrected chi connectivity index (χ4v) is 2.53. The number of aromatic nitrogens is 2. The topological polar surface area (TPSA) is 39.1 Å². The summed E-state index contributed by atoms with van der Waals surface area (Å²) in [4.78, 5) is 0. The van der Waals surface area contributed by atoms with Gasteiger partial charge in [-0.1, -0.05) is 6.92 Å². The molecule has 1 heterocycles. The van der Waals surface area contributed by atoms with Crippen LogP contribution in [0.2, 0.25) is 0 Å². The molecule has 0 spiro atoms. The number of methoxy groups -OCH3 is 1. The number of hydrogen-bond acceptors (Lipinski definition) is 3. The number of nitrogens with zero attached hydrogens (tertiary/aromatic N) is 2. The predicted molar refractivity (Wildman–Crippen MR) is 73.1 cm³/mol. The molecule has 17 heavy (non-hydrogen) atoms. The van der Waals surface area contributed by atoms with Gasteiger partial charge in [0.15, 0.2) is 0 Å². The van der Waals surface area contributed by atoms with Crippen molar-refractivity contribution in [1.82, 2.24) is 15.1 Å². The zero-order chi connectivity index (χ0) is 12.7. The van der Waals surface area contributed by atoms with Crippen LogP contribution in [-0.2, 0) is 11.3 Å². The lowest BCUT2D eigenvalue weighted by molar-refractivity contribution is 0.188. The van der Waals surface area contributed by atoms with E-state index in [2.05, 4.69) is 38.0 Å². The second kappa shape index (κ2) is 7.84. The highest BCUT2D eigenvalue weighted by molar-refractivity contribution is 9.10. The predicted octanol–water partition coefficient (Wildman–Crippen LogP) is 2.74. The van der Waals surface area contributed by atoms with Crippen molar-refractivity contribution < 1.29 is 4.74 Å². The summed E-state index contributed by atoms with van der Waals surface area (Å²) in [6.07, 6.45) is 5.07. The quantitative estimate of drug-likeness (QED) is 0.751. The van der Waals surface area contributed by atoms with E-state index in [-0.39, 0.29) is 0 Å². The molecule has 0 bridgehead atoms. The van der Waals surface area contributed by atoms with Crippen LogP contribution in [0, 0.1) is 0 Å². The molecule has 1 unspecified atom stereocenters. The van der Waals surface area contributed by atoms with E-state index in [1.54, 1.807) is 7.11 Å². The number of aryl methyl sites for hydroxylation is 1. The zero-order valence-corrected chi connectivity index (χ0v) is 12.5. The molecular formula is C12H22BrN3O. The van der Waals surface area contributed by atoms with Gasteiger partial charge in [0.1, 0.15) is 0 Å². The van der Waals surface area contributed by atoms with E-state index < -0.39 is 0 Å². The number of ether oxygens (including phenoxy) is 1. The average molecular weight is 304 g/mol. The molecule has 0 saturated heterocycles. The molecule has 0 aliphatic heterocycles. The van der Waals surface area contributed by atoms with Gasteiger partial charge >= 0.3 is 0 Å². The van der Waals surface area contributed by atoms with Crippen LogP contribution < -0.4 is 5.32 Å². The van der Waals surface area contributed by atoms with E-state index >= 15 is 0 Å². The molecule has 0 aliphatic rings. The third kappa shape index (κ3) is 4.08. The van der Waals surface area contributed by atoms with Crippen molar-refractivity contribution in [2.75, 3.05) is 20.8 Å². The Morgan fingerprint density at radius 3 is 2.94 bits per heavy atom. The molecule has 5 heteroatoms. The highest BCUT2D eigenvalue weighted by Gasteiger charge is 2.17. The van der Waals surface area contributed by atoms with Gasteiger partial charge in [0.25, 0.3) is 0 Å². The summed E-state index contributed by atoms with van der Waals surface area (Å²) in [7, 11) is 3.73. The fraction of sp³-hybridized carbons (Fsp3) is 0.750. The third-order valence-electron chi connectivity index (χ3n) is 2.79. The lowest BCUT2D eigenvalue weighted by atomic mass is 10.1. The van der Waals surface area contributed by atoms with Crippen molar-refractivity contribution in [3.63, 3.8) is 0 Å². The molecule has 4 nitrogen and oxygen atoms in total. The third-order valence-corrected chi connectivity index (χ3v) is 3.40. The number of halogens is 1. The standard InChI is InChI=1S/C12H22BrN3O/c1-4-7-16-12(10(13)9-15-16)11(14-2)6-5-8-17-3/h9,11,14H,4-8H2,1-3H3. The Hall–Kier alpha value is -0.390. The Labute approximate surface area is 112 Å². The largest absolute Gasteiger partial charge is 0.385 e. The zero-order valence-electron chi connectivity index (χ0n) is 10.9. The maximum absolute atomic E-state index is 5.10. The van der Waals surface area contributed by atoms with Crippen LogP contribution in [0.25, 0.3) is 0 Å². The van der Waals surface area contributed by atoms with Crippen LogP contribution in [0.5, 0.6) is 0 Å². The van der Waals surface area contributed by atoms with E-state index in [1.807, 2.05) is 13.2 Å². The Kier molecular flexibility index (Phi) is 6.77. The Morgan fingerprint density at radius 1 is 1.59 bits per heavy atom. The normalized spacial score (nSPS) is 12.9. The van der Waals surface area contributed by atoms with Gasteiger partial charge in [0.2, 0.25) is 0 Å². The first-order valence-electron chi connectivity index (χ1n) is 6.12. The molecule has 1 N–H and O–H groups in total. The van der Waals surface area contributed by atoms with E-state index in [0.717, 1.165) is 36.9 Å². The summed E-state index contributed by atoms with van der Waals surface area (Å²) in [5, 5.41) is 7.76. The minimum atomic E-state index is 0.327. The summed E-state index contributed by atoms with van der Waals surface area (Å²) in [5.41, 5.74) is 1.24.